The Hall–Kier alpha value is -1.57. The molecule has 6 heteroatoms. The van der Waals surface area contributed by atoms with Gasteiger partial charge in [0.25, 0.3) is 5.89 Å². The van der Waals surface area contributed by atoms with E-state index in [0.717, 1.165) is 0 Å². The van der Waals surface area contributed by atoms with Gasteiger partial charge in [-0.3, -0.25) is 0 Å². The van der Waals surface area contributed by atoms with Gasteiger partial charge in [0.1, 0.15) is 5.97 Å². The van der Waals surface area contributed by atoms with E-state index in [-0.39, 0.29) is 24.7 Å². The third-order valence-corrected chi connectivity index (χ3v) is 1.63. The SMILES string of the molecule is O=C([O-])c1nc(-c2ccccc2)no1.[Li+]. The molecule has 0 aliphatic heterocycles. The zero-order chi connectivity index (χ0) is 9.97. The zero-order valence-electron chi connectivity index (χ0n) is 8.01. The normalized spacial score (nSPS) is 9.33. The van der Waals surface area contributed by atoms with Crippen LogP contribution >= 0.6 is 0 Å². The second-order valence-electron chi connectivity index (χ2n) is 2.58. The van der Waals surface area contributed by atoms with E-state index in [9.17, 15) is 9.90 Å². The third-order valence-electron chi connectivity index (χ3n) is 1.63. The van der Waals surface area contributed by atoms with E-state index in [4.69, 9.17) is 0 Å². The number of carboxylic acid groups (broad SMARTS) is 1. The smallest absolute Gasteiger partial charge is 0.540 e. The minimum absolute atomic E-state index is 0. The summed E-state index contributed by atoms with van der Waals surface area (Å²) in [5.41, 5.74) is 0.698. The van der Waals surface area contributed by atoms with Crippen molar-refractivity contribution in [2.75, 3.05) is 0 Å². The van der Waals surface area contributed by atoms with Crippen LogP contribution in [0.3, 0.4) is 0 Å². The first kappa shape index (κ1) is 11.5. The van der Waals surface area contributed by atoms with Gasteiger partial charge in [-0.15, -0.1) is 0 Å². The first-order chi connectivity index (χ1) is 6.77. The summed E-state index contributed by atoms with van der Waals surface area (Å²) in [7, 11) is 0. The molecular weight excluding hydrogens is 191 g/mol. The van der Waals surface area contributed by atoms with Gasteiger partial charge in [0, 0.05) is 5.56 Å². The third kappa shape index (κ3) is 2.46. The van der Waals surface area contributed by atoms with Crippen molar-refractivity contribution in [3.8, 4) is 11.4 Å². The minimum Gasteiger partial charge on any atom is -0.540 e. The van der Waals surface area contributed by atoms with E-state index in [0.29, 0.717) is 5.56 Å². The van der Waals surface area contributed by atoms with Gasteiger partial charge in [0.05, 0.1) is 0 Å². The van der Waals surface area contributed by atoms with Crippen LogP contribution in [0.25, 0.3) is 11.4 Å². The summed E-state index contributed by atoms with van der Waals surface area (Å²) < 4.78 is 4.46. The molecule has 0 bridgehead atoms. The van der Waals surface area contributed by atoms with Crippen LogP contribution in [0.2, 0.25) is 0 Å². The molecule has 15 heavy (non-hydrogen) atoms. The first-order valence-corrected chi connectivity index (χ1v) is 3.88. The van der Waals surface area contributed by atoms with Crippen LogP contribution in [-0.4, -0.2) is 16.1 Å². The number of benzene rings is 1. The number of hydrogen-bond acceptors (Lipinski definition) is 5. The molecule has 1 aromatic carbocycles. The fraction of sp³-hybridized carbons (Fsp3) is 0. The molecule has 0 atom stereocenters. The monoisotopic (exact) mass is 196 g/mol. The van der Waals surface area contributed by atoms with Crippen molar-refractivity contribution in [3.63, 3.8) is 0 Å². The molecule has 0 unspecified atom stereocenters. The maximum Gasteiger partial charge on any atom is 1.00 e. The van der Waals surface area contributed by atoms with Crippen LogP contribution in [0.4, 0.5) is 0 Å². The largest absolute Gasteiger partial charge is 1.00 e. The molecule has 1 aromatic heterocycles. The quantitative estimate of drug-likeness (QED) is 0.481. The van der Waals surface area contributed by atoms with Crippen molar-refractivity contribution < 1.29 is 33.3 Å². The van der Waals surface area contributed by atoms with E-state index in [1.807, 2.05) is 6.07 Å². The van der Waals surface area contributed by atoms with Gasteiger partial charge >= 0.3 is 18.9 Å². The van der Waals surface area contributed by atoms with Crippen molar-refractivity contribution in [3.05, 3.63) is 36.2 Å². The van der Waals surface area contributed by atoms with Crippen molar-refractivity contribution in [2.45, 2.75) is 0 Å². The van der Waals surface area contributed by atoms with Crippen molar-refractivity contribution >= 4 is 5.97 Å². The number of aromatic carboxylic acids is 1. The van der Waals surface area contributed by atoms with Crippen LogP contribution in [0.1, 0.15) is 10.7 Å². The molecule has 0 saturated carbocycles. The van der Waals surface area contributed by atoms with Gasteiger partial charge in [-0.2, -0.15) is 4.98 Å². The number of carboxylic acids is 1. The number of aromatic nitrogens is 2. The maximum absolute atomic E-state index is 10.3. The minimum atomic E-state index is -1.47. The van der Waals surface area contributed by atoms with E-state index in [1.54, 1.807) is 24.3 Å². The summed E-state index contributed by atoms with van der Waals surface area (Å²) in [6.45, 7) is 0. The summed E-state index contributed by atoms with van der Waals surface area (Å²) in [5, 5.41) is 13.8. The topological polar surface area (TPSA) is 79.0 Å². The Morgan fingerprint density at radius 2 is 1.93 bits per heavy atom. The van der Waals surface area contributed by atoms with Gasteiger partial charge in [-0.25, -0.2) is 0 Å². The van der Waals surface area contributed by atoms with E-state index < -0.39 is 11.9 Å². The second-order valence-corrected chi connectivity index (χ2v) is 2.58. The summed E-state index contributed by atoms with van der Waals surface area (Å²) in [5.74, 6) is -1.74. The zero-order valence-corrected chi connectivity index (χ0v) is 8.01. The number of nitrogens with zero attached hydrogens (tertiary/aromatic N) is 2. The predicted molar refractivity (Wildman–Crippen MR) is 44.1 cm³/mol. The molecular formula is C9H5LiN2O3. The van der Waals surface area contributed by atoms with Gasteiger partial charge in [-0.05, 0) is 0 Å². The molecule has 1 heterocycles. The van der Waals surface area contributed by atoms with Gasteiger partial charge < -0.3 is 14.4 Å². The van der Waals surface area contributed by atoms with Gasteiger partial charge in [0.2, 0.25) is 5.82 Å². The maximum atomic E-state index is 10.3. The van der Waals surface area contributed by atoms with Crippen LogP contribution in [0, 0.1) is 0 Å². The predicted octanol–water partition coefficient (Wildman–Crippen LogP) is -2.90. The molecule has 0 N–H and O–H groups in total. The number of hydrogen-bond donors (Lipinski definition) is 0. The molecule has 70 valence electrons. The average molecular weight is 196 g/mol. The van der Waals surface area contributed by atoms with Gasteiger partial charge in [0.15, 0.2) is 0 Å². The fourth-order valence-corrected chi connectivity index (χ4v) is 1.01. The van der Waals surface area contributed by atoms with Crippen molar-refractivity contribution in [1.82, 2.24) is 10.1 Å². The molecule has 0 fully saturated rings. The Kier molecular flexibility index (Phi) is 3.66. The van der Waals surface area contributed by atoms with Crippen LogP contribution < -0.4 is 24.0 Å². The standard InChI is InChI=1S/C9H6N2O3.Li/c12-9(13)8-10-7(11-14-8)6-4-2-1-3-5-6;/h1-5H,(H,12,13);/q;+1/p-1. The first-order valence-electron chi connectivity index (χ1n) is 3.88. The van der Waals surface area contributed by atoms with Gasteiger partial charge in [-0.1, -0.05) is 35.5 Å². The Balaban J connectivity index is 0.00000112. The molecule has 0 saturated heterocycles. The van der Waals surface area contributed by atoms with Crippen LogP contribution in [0.5, 0.6) is 0 Å². The number of rotatable bonds is 2. The summed E-state index contributed by atoms with van der Waals surface area (Å²) >= 11 is 0. The molecule has 2 rings (SSSR count). The number of carbonyl (C=O) groups excluding carboxylic acids is 1. The molecule has 2 aromatic rings. The molecule has 0 aliphatic carbocycles. The number of carbonyl (C=O) groups is 1. The molecule has 5 nitrogen and oxygen atoms in total. The van der Waals surface area contributed by atoms with Crippen LogP contribution in [-0.2, 0) is 0 Å². The molecule has 0 radical (unpaired) electrons. The van der Waals surface area contributed by atoms with E-state index in [1.165, 1.54) is 0 Å². The Bertz CT molecular complexity index is 455. The second kappa shape index (κ2) is 4.78. The van der Waals surface area contributed by atoms with Crippen molar-refractivity contribution in [2.24, 2.45) is 0 Å². The van der Waals surface area contributed by atoms with E-state index in [2.05, 4.69) is 14.7 Å². The molecule has 0 aliphatic rings. The Labute approximate surface area is 97.3 Å². The molecule has 0 spiro atoms. The molecule has 0 amide bonds. The Morgan fingerprint density at radius 3 is 2.47 bits per heavy atom. The average Bonchev–Trinajstić information content (AvgIpc) is 2.68. The summed E-state index contributed by atoms with van der Waals surface area (Å²) in [6, 6.07) is 8.94. The van der Waals surface area contributed by atoms with E-state index >= 15 is 0 Å². The Morgan fingerprint density at radius 1 is 1.27 bits per heavy atom. The fourth-order valence-electron chi connectivity index (χ4n) is 1.01. The van der Waals surface area contributed by atoms with Crippen LogP contribution in [0.15, 0.2) is 34.9 Å². The summed E-state index contributed by atoms with van der Waals surface area (Å²) in [4.78, 5) is 14.0. The van der Waals surface area contributed by atoms with Crippen molar-refractivity contribution in [1.29, 1.82) is 0 Å². The summed E-state index contributed by atoms with van der Waals surface area (Å²) in [6.07, 6.45) is 0.